The van der Waals surface area contributed by atoms with E-state index in [4.69, 9.17) is 14.2 Å². The van der Waals surface area contributed by atoms with Crippen molar-refractivity contribution in [1.82, 2.24) is 0 Å². The predicted octanol–water partition coefficient (Wildman–Crippen LogP) is 4.15. The second kappa shape index (κ2) is 10.4. The molecule has 0 amide bonds. The smallest absolute Gasteiger partial charge is 0.311 e. The lowest BCUT2D eigenvalue weighted by molar-refractivity contribution is -0.206. The van der Waals surface area contributed by atoms with Crippen molar-refractivity contribution in [1.29, 1.82) is 0 Å². The normalized spacial score (nSPS) is 37.9. The van der Waals surface area contributed by atoms with Gasteiger partial charge in [-0.2, -0.15) is 0 Å². The highest BCUT2D eigenvalue weighted by molar-refractivity contribution is 5.76. The van der Waals surface area contributed by atoms with E-state index in [1.807, 2.05) is 26.8 Å². The molecule has 8 atom stereocenters. The summed E-state index contributed by atoms with van der Waals surface area (Å²) in [6.07, 6.45) is 6.60. The highest BCUT2D eigenvalue weighted by Crippen LogP contribution is 2.46. The molecule has 2 aliphatic carbocycles. The maximum Gasteiger partial charge on any atom is 0.311 e. The highest BCUT2D eigenvalue weighted by atomic mass is 16.7. The van der Waals surface area contributed by atoms with Crippen LogP contribution >= 0.6 is 0 Å². The summed E-state index contributed by atoms with van der Waals surface area (Å²) < 4.78 is 17.5. The molecule has 0 aromatic carbocycles. The minimum atomic E-state index is -0.526. The van der Waals surface area contributed by atoms with Gasteiger partial charge in [0.1, 0.15) is 6.10 Å². The van der Waals surface area contributed by atoms with Crippen LogP contribution < -0.4 is 0 Å². The monoisotopic (exact) mass is 450 g/mol. The largest absolute Gasteiger partial charge is 0.461 e. The van der Waals surface area contributed by atoms with E-state index in [1.165, 1.54) is 5.57 Å². The number of ether oxygens (including phenoxy) is 3. The van der Waals surface area contributed by atoms with Crippen LogP contribution in [0.3, 0.4) is 0 Å². The van der Waals surface area contributed by atoms with Crippen molar-refractivity contribution in [3.8, 4) is 0 Å². The molecule has 0 bridgehead atoms. The van der Waals surface area contributed by atoms with Gasteiger partial charge in [0.15, 0.2) is 6.29 Å². The van der Waals surface area contributed by atoms with Gasteiger partial charge in [-0.15, -0.1) is 0 Å². The summed E-state index contributed by atoms with van der Waals surface area (Å²) in [4.78, 5) is 12.9. The Morgan fingerprint density at radius 2 is 1.97 bits per heavy atom. The van der Waals surface area contributed by atoms with Crippen LogP contribution in [0.2, 0.25) is 0 Å². The van der Waals surface area contributed by atoms with E-state index in [2.05, 4.69) is 19.9 Å². The zero-order chi connectivity index (χ0) is 23.6. The first-order valence-corrected chi connectivity index (χ1v) is 12.2. The topological polar surface area (TPSA) is 85.2 Å². The van der Waals surface area contributed by atoms with Gasteiger partial charge in [-0.3, -0.25) is 4.79 Å². The number of hydrogen-bond acceptors (Lipinski definition) is 6. The number of allylic oxidation sites excluding steroid dienone is 1. The zero-order valence-electron chi connectivity index (χ0n) is 20.5. The number of aliphatic hydroxyl groups is 2. The molecule has 182 valence electrons. The summed E-state index contributed by atoms with van der Waals surface area (Å²) in [5.74, 6) is 0.0990. The third-order valence-corrected chi connectivity index (χ3v) is 7.88. The fourth-order valence-corrected chi connectivity index (χ4v) is 5.37. The van der Waals surface area contributed by atoms with Crippen LogP contribution in [0.15, 0.2) is 23.3 Å². The molecule has 6 nitrogen and oxygen atoms in total. The fourth-order valence-electron chi connectivity index (χ4n) is 5.37. The zero-order valence-corrected chi connectivity index (χ0v) is 20.5. The van der Waals surface area contributed by atoms with E-state index < -0.39 is 17.6 Å². The molecule has 0 aromatic heterocycles. The Morgan fingerprint density at radius 3 is 2.62 bits per heavy atom. The summed E-state index contributed by atoms with van der Waals surface area (Å²) in [6, 6.07) is 0. The first kappa shape index (κ1) is 25.4. The van der Waals surface area contributed by atoms with E-state index >= 15 is 0 Å². The number of aliphatic hydroxyl groups excluding tert-OH is 2. The minimum absolute atomic E-state index is 0.0441. The van der Waals surface area contributed by atoms with Crippen LogP contribution in [0.1, 0.15) is 73.1 Å². The number of hydrogen-bond donors (Lipinski definition) is 2. The molecule has 1 fully saturated rings. The molecule has 2 N–H and O–H groups in total. The van der Waals surface area contributed by atoms with Crippen molar-refractivity contribution >= 4 is 5.97 Å². The van der Waals surface area contributed by atoms with Gasteiger partial charge >= 0.3 is 5.97 Å². The number of fused-ring (bicyclic) bond motifs is 1. The Kier molecular flexibility index (Phi) is 8.24. The van der Waals surface area contributed by atoms with Gasteiger partial charge in [-0.05, 0) is 63.9 Å². The van der Waals surface area contributed by atoms with E-state index in [0.29, 0.717) is 12.8 Å². The van der Waals surface area contributed by atoms with Crippen molar-refractivity contribution in [2.45, 2.75) is 104 Å². The quantitative estimate of drug-likeness (QED) is 0.567. The number of carbonyl (C=O) groups excluding carboxylic acids is 1. The standard InChI is InChI=1S/C26H42O6/c1-7-26(4,5)25(29)32-22-11-15(2)10-17-12-21(28)16(3)20(24(17)22)9-8-19-13-18(27)14-23(30-6)31-19/h10,12,16,18-24,27-28H,7-9,11,13-14H2,1-6H3/t16?,18-,19?,20?,21?,22?,23+,24?/m0/s1. The molecule has 1 heterocycles. The van der Waals surface area contributed by atoms with E-state index in [1.54, 1.807) is 7.11 Å². The first-order valence-electron chi connectivity index (χ1n) is 12.2. The molecule has 3 rings (SSSR count). The number of esters is 1. The summed E-state index contributed by atoms with van der Waals surface area (Å²) >= 11 is 0. The lowest BCUT2D eigenvalue weighted by Gasteiger charge is -2.45. The summed E-state index contributed by atoms with van der Waals surface area (Å²) in [6.45, 7) is 10.0. The Bertz CT molecular complexity index is 726. The molecule has 0 radical (unpaired) electrons. The molecule has 6 heteroatoms. The van der Waals surface area contributed by atoms with E-state index in [9.17, 15) is 15.0 Å². The molecule has 1 saturated heterocycles. The van der Waals surface area contributed by atoms with Gasteiger partial charge in [0.05, 0.1) is 23.7 Å². The Hall–Kier alpha value is -1.21. The number of carbonyl (C=O) groups is 1. The summed E-state index contributed by atoms with van der Waals surface area (Å²) in [7, 11) is 1.60. The third-order valence-electron chi connectivity index (χ3n) is 7.88. The van der Waals surface area contributed by atoms with Gasteiger partial charge in [0, 0.05) is 25.9 Å². The van der Waals surface area contributed by atoms with E-state index in [0.717, 1.165) is 31.3 Å². The molecular weight excluding hydrogens is 408 g/mol. The van der Waals surface area contributed by atoms with Crippen LogP contribution in [-0.4, -0.2) is 54.0 Å². The average molecular weight is 451 g/mol. The maximum absolute atomic E-state index is 12.9. The van der Waals surface area contributed by atoms with Crippen molar-refractivity contribution in [3.05, 3.63) is 23.3 Å². The lowest BCUT2D eigenvalue weighted by atomic mass is 9.64. The minimum Gasteiger partial charge on any atom is -0.461 e. The second-order valence-electron chi connectivity index (χ2n) is 10.7. The Morgan fingerprint density at radius 1 is 1.25 bits per heavy atom. The SMILES string of the molecule is CCC(C)(C)C(=O)OC1CC(C)=CC2=CC(O)C(C)C(CCC3C[C@H](O)C[C@H](OC)O3)C21. The summed E-state index contributed by atoms with van der Waals surface area (Å²) in [5, 5.41) is 21.0. The average Bonchev–Trinajstić information content (AvgIpc) is 2.73. The molecule has 1 aliphatic heterocycles. The van der Waals surface area contributed by atoms with Crippen LogP contribution in [0.4, 0.5) is 0 Å². The highest BCUT2D eigenvalue weighted by Gasteiger charge is 2.45. The lowest BCUT2D eigenvalue weighted by Crippen LogP contribution is -2.45. The molecule has 0 aromatic rings. The summed E-state index contributed by atoms with van der Waals surface area (Å²) in [5.41, 5.74) is 1.73. The molecular formula is C26H42O6. The van der Waals surface area contributed by atoms with Gasteiger partial charge < -0.3 is 24.4 Å². The number of rotatable bonds is 7. The van der Waals surface area contributed by atoms with Gasteiger partial charge in [-0.25, -0.2) is 0 Å². The van der Waals surface area contributed by atoms with Crippen LogP contribution in [0.5, 0.6) is 0 Å². The number of methoxy groups -OCH3 is 1. The Balaban J connectivity index is 1.79. The molecule has 3 aliphatic rings. The molecule has 0 saturated carbocycles. The molecule has 32 heavy (non-hydrogen) atoms. The van der Waals surface area contributed by atoms with Crippen molar-refractivity contribution < 1.29 is 29.2 Å². The molecule has 6 unspecified atom stereocenters. The fraction of sp³-hybridized carbons (Fsp3) is 0.808. The van der Waals surface area contributed by atoms with Gasteiger partial charge in [0.2, 0.25) is 0 Å². The van der Waals surface area contributed by atoms with Crippen molar-refractivity contribution in [2.75, 3.05) is 7.11 Å². The molecule has 0 spiro atoms. The maximum atomic E-state index is 12.9. The van der Waals surface area contributed by atoms with Gasteiger partial charge in [0.25, 0.3) is 0 Å². The first-order chi connectivity index (χ1) is 15.1. The van der Waals surface area contributed by atoms with Crippen LogP contribution in [0.25, 0.3) is 0 Å². The Labute approximate surface area is 193 Å². The van der Waals surface area contributed by atoms with Crippen molar-refractivity contribution in [2.24, 2.45) is 23.2 Å². The second-order valence-corrected chi connectivity index (χ2v) is 10.7. The van der Waals surface area contributed by atoms with Crippen LogP contribution in [-0.2, 0) is 19.0 Å². The predicted molar refractivity (Wildman–Crippen MR) is 123 cm³/mol. The third kappa shape index (κ3) is 5.64. The van der Waals surface area contributed by atoms with E-state index in [-0.39, 0.29) is 42.2 Å². The van der Waals surface area contributed by atoms with Crippen molar-refractivity contribution in [3.63, 3.8) is 0 Å². The van der Waals surface area contributed by atoms with Gasteiger partial charge in [-0.1, -0.05) is 31.6 Å². The van der Waals surface area contributed by atoms with Crippen LogP contribution in [0, 0.1) is 23.2 Å².